The summed E-state index contributed by atoms with van der Waals surface area (Å²) in [5.74, 6) is 1.58. The van der Waals surface area contributed by atoms with E-state index in [0.717, 1.165) is 37.5 Å². The highest BCUT2D eigenvalue weighted by Gasteiger charge is 2.26. The van der Waals surface area contributed by atoms with Gasteiger partial charge in [-0.15, -0.1) is 0 Å². The molecule has 1 atom stereocenters. The molecule has 130 valence electrons. The van der Waals surface area contributed by atoms with Gasteiger partial charge in [-0.25, -0.2) is 19.9 Å². The number of H-pyrrole nitrogens is 1. The van der Waals surface area contributed by atoms with Crippen LogP contribution in [0.3, 0.4) is 0 Å². The maximum absolute atomic E-state index is 5.12. The first-order valence-corrected chi connectivity index (χ1v) is 8.36. The number of imidazole rings is 1. The third-order valence-electron chi connectivity index (χ3n) is 4.66. The second kappa shape index (κ2) is 6.64. The molecule has 0 saturated carbocycles. The van der Waals surface area contributed by atoms with Crippen LogP contribution in [0.15, 0.2) is 31.0 Å². The highest BCUT2D eigenvalue weighted by molar-refractivity contribution is 5.82. The Morgan fingerprint density at radius 2 is 2.12 bits per heavy atom. The van der Waals surface area contributed by atoms with Crippen LogP contribution in [-0.4, -0.2) is 62.6 Å². The quantitative estimate of drug-likeness (QED) is 0.770. The number of ether oxygens (including phenoxy) is 1. The van der Waals surface area contributed by atoms with Crippen LogP contribution in [0.25, 0.3) is 11.2 Å². The minimum absolute atomic E-state index is 0.406. The fraction of sp³-hybridized carbons (Fsp3) is 0.412. The number of anilines is 1. The summed E-state index contributed by atoms with van der Waals surface area (Å²) in [6.45, 7) is 5.92. The molecule has 0 aromatic carbocycles. The maximum atomic E-state index is 5.12. The first-order valence-electron chi connectivity index (χ1n) is 8.36. The number of methoxy groups -OCH3 is 1. The lowest BCUT2D eigenvalue weighted by atomic mass is 10.1. The molecule has 4 heterocycles. The molecular formula is C17H21N7O. The van der Waals surface area contributed by atoms with Crippen LogP contribution in [0, 0.1) is 0 Å². The highest BCUT2D eigenvalue weighted by Crippen LogP contribution is 2.23. The van der Waals surface area contributed by atoms with Crippen molar-refractivity contribution in [1.29, 1.82) is 0 Å². The van der Waals surface area contributed by atoms with Gasteiger partial charge in [0, 0.05) is 44.5 Å². The molecule has 1 aliphatic heterocycles. The average Bonchev–Trinajstić information content (AvgIpc) is 3.13. The SMILES string of the molecule is COc1ccc(CN2CCN(c3ncnc4nc[nH]c34)CC2C)cn1. The highest BCUT2D eigenvalue weighted by atomic mass is 16.5. The molecule has 0 spiro atoms. The van der Waals surface area contributed by atoms with Gasteiger partial charge in [-0.3, -0.25) is 4.90 Å². The average molecular weight is 339 g/mol. The predicted octanol–water partition coefficient (Wildman–Crippen LogP) is 1.47. The van der Waals surface area contributed by atoms with Crippen molar-refractivity contribution in [3.63, 3.8) is 0 Å². The monoisotopic (exact) mass is 339 g/mol. The zero-order chi connectivity index (χ0) is 17.2. The van der Waals surface area contributed by atoms with Crippen molar-refractivity contribution in [2.24, 2.45) is 0 Å². The fourth-order valence-electron chi connectivity index (χ4n) is 3.27. The minimum atomic E-state index is 0.406. The Kier molecular flexibility index (Phi) is 4.19. The summed E-state index contributed by atoms with van der Waals surface area (Å²) in [4.78, 5) is 25.1. The number of hydrogen-bond acceptors (Lipinski definition) is 7. The number of piperazine rings is 1. The summed E-state index contributed by atoms with van der Waals surface area (Å²) in [7, 11) is 1.63. The third kappa shape index (κ3) is 3.12. The number of rotatable bonds is 4. The van der Waals surface area contributed by atoms with Crippen molar-refractivity contribution in [1.82, 2.24) is 29.8 Å². The van der Waals surface area contributed by atoms with Crippen LogP contribution in [0.1, 0.15) is 12.5 Å². The molecule has 3 aromatic rings. The Labute approximate surface area is 145 Å². The normalized spacial score (nSPS) is 18.6. The Hall–Kier alpha value is -2.74. The Morgan fingerprint density at radius 3 is 2.88 bits per heavy atom. The Balaban J connectivity index is 1.45. The van der Waals surface area contributed by atoms with Crippen LogP contribution in [-0.2, 0) is 6.54 Å². The molecular weight excluding hydrogens is 318 g/mol. The summed E-state index contributed by atoms with van der Waals surface area (Å²) in [6, 6.07) is 4.39. The van der Waals surface area contributed by atoms with E-state index >= 15 is 0 Å². The van der Waals surface area contributed by atoms with Gasteiger partial charge in [0.2, 0.25) is 5.88 Å². The second-order valence-electron chi connectivity index (χ2n) is 6.27. The van der Waals surface area contributed by atoms with Crippen LogP contribution < -0.4 is 9.64 Å². The van der Waals surface area contributed by atoms with Crippen molar-refractivity contribution in [3.05, 3.63) is 36.5 Å². The van der Waals surface area contributed by atoms with Gasteiger partial charge in [-0.2, -0.15) is 0 Å². The molecule has 1 fully saturated rings. The molecule has 0 bridgehead atoms. The van der Waals surface area contributed by atoms with E-state index in [-0.39, 0.29) is 0 Å². The summed E-state index contributed by atoms with van der Waals surface area (Å²) in [5, 5.41) is 0. The lowest BCUT2D eigenvalue weighted by molar-refractivity contribution is 0.180. The second-order valence-corrected chi connectivity index (χ2v) is 6.27. The molecule has 4 rings (SSSR count). The van der Waals surface area contributed by atoms with Crippen LogP contribution >= 0.6 is 0 Å². The van der Waals surface area contributed by atoms with Gasteiger partial charge in [0.05, 0.1) is 13.4 Å². The zero-order valence-corrected chi connectivity index (χ0v) is 14.4. The molecule has 8 heteroatoms. The minimum Gasteiger partial charge on any atom is -0.481 e. The summed E-state index contributed by atoms with van der Waals surface area (Å²) in [6.07, 6.45) is 5.13. The van der Waals surface area contributed by atoms with E-state index in [1.807, 2.05) is 12.3 Å². The van der Waals surface area contributed by atoms with E-state index < -0.39 is 0 Å². The van der Waals surface area contributed by atoms with Crippen LogP contribution in [0.2, 0.25) is 0 Å². The predicted molar refractivity (Wildman–Crippen MR) is 94.6 cm³/mol. The molecule has 1 saturated heterocycles. The van der Waals surface area contributed by atoms with E-state index in [4.69, 9.17) is 4.74 Å². The largest absolute Gasteiger partial charge is 0.481 e. The van der Waals surface area contributed by atoms with E-state index in [1.165, 1.54) is 5.56 Å². The standard InChI is InChI=1S/C17H21N7O/c1-12-8-24(17-15-16(20-10-19-15)21-11-22-17)6-5-23(12)9-13-3-4-14(25-2)18-7-13/h3-4,7,10-12H,5-6,8-9H2,1-2H3,(H,19,20,21,22). The molecule has 0 amide bonds. The first kappa shape index (κ1) is 15.8. The van der Waals surface area contributed by atoms with Crippen molar-refractivity contribution in [3.8, 4) is 5.88 Å². The molecule has 0 aliphatic carbocycles. The number of nitrogens with one attached hydrogen (secondary N) is 1. The molecule has 25 heavy (non-hydrogen) atoms. The van der Waals surface area contributed by atoms with Gasteiger partial charge in [-0.05, 0) is 12.5 Å². The Bertz CT molecular complexity index is 848. The lowest BCUT2D eigenvalue weighted by Gasteiger charge is -2.40. The van der Waals surface area contributed by atoms with E-state index in [0.29, 0.717) is 17.6 Å². The number of fused-ring (bicyclic) bond motifs is 1. The molecule has 1 N–H and O–H groups in total. The molecule has 3 aromatic heterocycles. The fourth-order valence-corrected chi connectivity index (χ4v) is 3.27. The van der Waals surface area contributed by atoms with Gasteiger partial charge in [0.15, 0.2) is 11.5 Å². The molecule has 8 nitrogen and oxygen atoms in total. The van der Waals surface area contributed by atoms with Crippen molar-refractivity contribution in [2.75, 3.05) is 31.6 Å². The number of nitrogens with zero attached hydrogens (tertiary/aromatic N) is 6. The molecule has 1 unspecified atom stereocenters. The number of pyridine rings is 1. The number of hydrogen-bond donors (Lipinski definition) is 1. The number of aromatic nitrogens is 5. The molecule has 0 radical (unpaired) electrons. The van der Waals surface area contributed by atoms with Crippen molar-refractivity contribution in [2.45, 2.75) is 19.5 Å². The van der Waals surface area contributed by atoms with Gasteiger partial charge in [0.1, 0.15) is 11.8 Å². The lowest BCUT2D eigenvalue weighted by Crippen LogP contribution is -2.51. The van der Waals surface area contributed by atoms with E-state index in [9.17, 15) is 0 Å². The topological polar surface area (TPSA) is 83.1 Å². The number of aromatic amines is 1. The van der Waals surface area contributed by atoms with Crippen LogP contribution in [0.5, 0.6) is 5.88 Å². The summed E-state index contributed by atoms with van der Waals surface area (Å²) in [5.41, 5.74) is 2.81. The van der Waals surface area contributed by atoms with E-state index in [1.54, 1.807) is 19.8 Å². The zero-order valence-electron chi connectivity index (χ0n) is 14.4. The van der Waals surface area contributed by atoms with Gasteiger partial charge < -0.3 is 14.6 Å². The first-order chi connectivity index (χ1) is 12.2. The van der Waals surface area contributed by atoms with Crippen molar-refractivity contribution < 1.29 is 4.74 Å². The smallest absolute Gasteiger partial charge is 0.212 e. The van der Waals surface area contributed by atoms with Gasteiger partial charge in [-0.1, -0.05) is 6.07 Å². The van der Waals surface area contributed by atoms with Crippen LogP contribution in [0.4, 0.5) is 5.82 Å². The maximum Gasteiger partial charge on any atom is 0.212 e. The third-order valence-corrected chi connectivity index (χ3v) is 4.66. The summed E-state index contributed by atoms with van der Waals surface area (Å²) >= 11 is 0. The van der Waals surface area contributed by atoms with Gasteiger partial charge >= 0.3 is 0 Å². The Morgan fingerprint density at radius 1 is 1.20 bits per heavy atom. The van der Waals surface area contributed by atoms with Gasteiger partial charge in [0.25, 0.3) is 0 Å². The van der Waals surface area contributed by atoms with Crippen molar-refractivity contribution >= 4 is 17.0 Å². The summed E-state index contributed by atoms with van der Waals surface area (Å²) < 4.78 is 5.12. The van der Waals surface area contributed by atoms with E-state index in [2.05, 4.69) is 47.7 Å². The molecule has 1 aliphatic rings.